The topological polar surface area (TPSA) is 52.6 Å². The fraction of sp³-hybridized carbons (Fsp3) is 0.385. The molecule has 0 unspecified atom stereocenters. The molecular formula is C13H14O4. The lowest BCUT2D eigenvalue weighted by atomic mass is 9.80. The highest BCUT2D eigenvalue weighted by Gasteiger charge is 2.49. The molecule has 17 heavy (non-hydrogen) atoms. The van der Waals surface area contributed by atoms with Gasteiger partial charge in [0.25, 0.3) is 0 Å². The van der Waals surface area contributed by atoms with E-state index in [4.69, 9.17) is 4.74 Å². The second kappa shape index (κ2) is 4.57. The molecule has 0 spiro atoms. The van der Waals surface area contributed by atoms with Crippen LogP contribution in [0.2, 0.25) is 0 Å². The van der Waals surface area contributed by atoms with Crippen LogP contribution in [0.15, 0.2) is 30.3 Å². The van der Waals surface area contributed by atoms with Gasteiger partial charge in [0.1, 0.15) is 0 Å². The number of benzene rings is 1. The van der Waals surface area contributed by atoms with Gasteiger partial charge in [0, 0.05) is 0 Å². The van der Waals surface area contributed by atoms with Crippen molar-refractivity contribution in [2.75, 3.05) is 7.11 Å². The zero-order chi connectivity index (χ0) is 12.3. The van der Waals surface area contributed by atoms with Gasteiger partial charge in [0.05, 0.1) is 12.7 Å². The molecule has 4 heteroatoms. The predicted octanol–water partition coefficient (Wildman–Crippen LogP) is 1.94. The second-order valence-electron chi connectivity index (χ2n) is 4.09. The summed E-state index contributed by atoms with van der Waals surface area (Å²) in [6, 6.07) is 8.64. The van der Waals surface area contributed by atoms with Gasteiger partial charge in [-0.05, 0) is 31.4 Å². The molecule has 0 aliphatic heterocycles. The lowest BCUT2D eigenvalue weighted by molar-refractivity contribution is -0.172. The molecule has 2 rings (SSSR count). The number of esters is 2. The number of rotatable bonds is 3. The van der Waals surface area contributed by atoms with Gasteiger partial charge >= 0.3 is 11.9 Å². The Bertz CT molecular complexity index is 420. The maximum Gasteiger partial charge on any atom is 0.350 e. The fourth-order valence-corrected chi connectivity index (χ4v) is 1.84. The van der Waals surface area contributed by atoms with Crippen LogP contribution in [-0.4, -0.2) is 24.6 Å². The summed E-state index contributed by atoms with van der Waals surface area (Å²) in [6.45, 7) is 0. The minimum Gasteiger partial charge on any atom is -0.466 e. The molecule has 1 saturated carbocycles. The van der Waals surface area contributed by atoms with Crippen LogP contribution in [-0.2, 0) is 14.3 Å². The molecule has 1 fully saturated rings. The molecule has 0 radical (unpaired) electrons. The maximum atomic E-state index is 11.8. The Labute approximate surface area is 99.5 Å². The highest BCUT2D eigenvalue weighted by molar-refractivity contribution is 5.93. The number of hydrogen-bond acceptors (Lipinski definition) is 4. The van der Waals surface area contributed by atoms with Gasteiger partial charge in [0.2, 0.25) is 5.60 Å². The van der Waals surface area contributed by atoms with E-state index in [1.54, 1.807) is 24.3 Å². The van der Waals surface area contributed by atoms with E-state index < -0.39 is 17.5 Å². The van der Waals surface area contributed by atoms with Crippen molar-refractivity contribution in [2.24, 2.45) is 0 Å². The van der Waals surface area contributed by atoms with Gasteiger partial charge in [-0.2, -0.15) is 0 Å². The van der Waals surface area contributed by atoms with Crippen molar-refractivity contribution < 1.29 is 19.1 Å². The van der Waals surface area contributed by atoms with E-state index in [9.17, 15) is 9.59 Å². The van der Waals surface area contributed by atoms with Crippen molar-refractivity contribution in [1.29, 1.82) is 0 Å². The lowest BCUT2D eigenvalue weighted by Gasteiger charge is -2.37. The molecule has 1 aliphatic carbocycles. The van der Waals surface area contributed by atoms with Crippen molar-refractivity contribution in [3.05, 3.63) is 35.9 Å². The molecule has 0 N–H and O–H groups in total. The third-order valence-corrected chi connectivity index (χ3v) is 3.02. The van der Waals surface area contributed by atoms with Gasteiger partial charge in [-0.15, -0.1) is 0 Å². The molecule has 0 heterocycles. The molecule has 0 saturated heterocycles. The maximum absolute atomic E-state index is 11.8. The number of hydrogen-bond donors (Lipinski definition) is 0. The van der Waals surface area contributed by atoms with E-state index in [0.29, 0.717) is 18.4 Å². The number of ether oxygens (including phenoxy) is 2. The van der Waals surface area contributed by atoms with Gasteiger partial charge in [-0.25, -0.2) is 9.59 Å². The van der Waals surface area contributed by atoms with Crippen LogP contribution in [0, 0.1) is 0 Å². The highest BCUT2D eigenvalue weighted by Crippen LogP contribution is 2.37. The molecule has 0 amide bonds. The van der Waals surface area contributed by atoms with Crippen LogP contribution < -0.4 is 0 Å². The lowest BCUT2D eigenvalue weighted by Crippen LogP contribution is -2.49. The van der Waals surface area contributed by atoms with Gasteiger partial charge in [0.15, 0.2) is 0 Å². The molecule has 1 aliphatic rings. The first kappa shape index (κ1) is 11.6. The second-order valence-corrected chi connectivity index (χ2v) is 4.09. The predicted molar refractivity (Wildman–Crippen MR) is 60.5 cm³/mol. The average Bonchev–Trinajstić information content (AvgIpc) is 2.33. The smallest absolute Gasteiger partial charge is 0.350 e. The Morgan fingerprint density at radius 1 is 1.18 bits per heavy atom. The van der Waals surface area contributed by atoms with Crippen LogP contribution in [0.25, 0.3) is 0 Å². The van der Waals surface area contributed by atoms with Crippen LogP contribution in [0.4, 0.5) is 0 Å². The molecule has 1 aromatic carbocycles. The third kappa shape index (κ3) is 2.16. The first-order valence-corrected chi connectivity index (χ1v) is 5.55. The van der Waals surface area contributed by atoms with Crippen LogP contribution in [0.1, 0.15) is 29.6 Å². The van der Waals surface area contributed by atoms with Crippen molar-refractivity contribution in [2.45, 2.75) is 24.9 Å². The minimum atomic E-state index is -1.05. The third-order valence-electron chi connectivity index (χ3n) is 3.02. The summed E-state index contributed by atoms with van der Waals surface area (Å²) in [5, 5.41) is 0. The number of carbonyl (C=O) groups is 2. The summed E-state index contributed by atoms with van der Waals surface area (Å²) in [5.74, 6) is -0.941. The summed E-state index contributed by atoms with van der Waals surface area (Å²) < 4.78 is 9.98. The Hall–Kier alpha value is -1.84. The van der Waals surface area contributed by atoms with E-state index in [2.05, 4.69) is 4.74 Å². The van der Waals surface area contributed by atoms with E-state index in [0.717, 1.165) is 6.42 Å². The Balaban J connectivity index is 2.10. The van der Waals surface area contributed by atoms with E-state index in [-0.39, 0.29) is 0 Å². The number of carbonyl (C=O) groups excluding carboxylic acids is 2. The van der Waals surface area contributed by atoms with Crippen molar-refractivity contribution >= 4 is 11.9 Å². The summed E-state index contributed by atoms with van der Waals surface area (Å²) in [5.41, 5.74) is -0.607. The average molecular weight is 234 g/mol. The summed E-state index contributed by atoms with van der Waals surface area (Å²) in [6.07, 6.45) is 1.95. The van der Waals surface area contributed by atoms with Crippen LogP contribution >= 0.6 is 0 Å². The van der Waals surface area contributed by atoms with Crippen molar-refractivity contribution in [1.82, 2.24) is 0 Å². The van der Waals surface area contributed by atoms with E-state index in [1.165, 1.54) is 7.11 Å². The van der Waals surface area contributed by atoms with Crippen LogP contribution in [0.3, 0.4) is 0 Å². The zero-order valence-electron chi connectivity index (χ0n) is 9.64. The van der Waals surface area contributed by atoms with Gasteiger partial charge in [-0.1, -0.05) is 18.2 Å². The molecule has 4 nitrogen and oxygen atoms in total. The standard InChI is InChI=1S/C13H14O4/c1-16-12(15)13(8-5-9-13)17-11(14)10-6-3-2-4-7-10/h2-4,6-7H,5,8-9H2,1H3. The largest absolute Gasteiger partial charge is 0.466 e. The van der Waals surface area contributed by atoms with Gasteiger partial charge < -0.3 is 9.47 Å². The number of methoxy groups -OCH3 is 1. The van der Waals surface area contributed by atoms with Gasteiger partial charge in [-0.3, -0.25) is 0 Å². The normalized spacial score (nSPS) is 16.8. The molecule has 90 valence electrons. The van der Waals surface area contributed by atoms with Crippen molar-refractivity contribution in [3.63, 3.8) is 0 Å². The van der Waals surface area contributed by atoms with Crippen molar-refractivity contribution in [3.8, 4) is 0 Å². The first-order valence-electron chi connectivity index (χ1n) is 5.55. The molecular weight excluding hydrogens is 220 g/mol. The highest BCUT2D eigenvalue weighted by atomic mass is 16.6. The van der Waals surface area contributed by atoms with Crippen LogP contribution in [0.5, 0.6) is 0 Å². The molecule has 0 atom stereocenters. The Morgan fingerprint density at radius 3 is 2.29 bits per heavy atom. The molecule has 0 aromatic heterocycles. The summed E-state index contributed by atoms with van der Waals surface area (Å²) in [4.78, 5) is 23.4. The zero-order valence-corrected chi connectivity index (χ0v) is 9.64. The fourth-order valence-electron chi connectivity index (χ4n) is 1.84. The van der Waals surface area contributed by atoms with E-state index in [1.807, 2.05) is 6.07 Å². The van der Waals surface area contributed by atoms with E-state index >= 15 is 0 Å². The Kier molecular flexibility index (Phi) is 3.13. The summed E-state index contributed by atoms with van der Waals surface area (Å²) in [7, 11) is 1.30. The minimum absolute atomic E-state index is 0.447. The monoisotopic (exact) mass is 234 g/mol. The molecule has 0 bridgehead atoms. The first-order chi connectivity index (χ1) is 8.18. The summed E-state index contributed by atoms with van der Waals surface area (Å²) >= 11 is 0. The SMILES string of the molecule is COC(=O)C1(OC(=O)c2ccccc2)CCC1. The molecule has 1 aromatic rings. The Morgan fingerprint density at radius 2 is 1.82 bits per heavy atom. The quantitative estimate of drug-likeness (QED) is 0.750.